The van der Waals surface area contributed by atoms with E-state index in [0.29, 0.717) is 17.9 Å². The first-order chi connectivity index (χ1) is 7.89. The third kappa shape index (κ3) is 2.49. The summed E-state index contributed by atoms with van der Waals surface area (Å²) in [6.45, 7) is 4.05. The zero-order chi connectivity index (χ0) is 12.6. The number of ether oxygens (including phenoxy) is 2. The van der Waals surface area contributed by atoms with Gasteiger partial charge >= 0.3 is 6.29 Å². The third-order valence-corrected chi connectivity index (χ3v) is 2.58. The van der Waals surface area contributed by atoms with Gasteiger partial charge in [0, 0.05) is 11.6 Å². The Labute approximate surface area is 98.5 Å². The maximum Gasteiger partial charge on any atom is 0.586 e. The van der Waals surface area contributed by atoms with E-state index in [1.807, 2.05) is 13.8 Å². The van der Waals surface area contributed by atoms with Crippen molar-refractivity contribution in [2.45, 2.75) is 32.6 Å². The van der Waals surface area contributed by atoms with Gasteiger partial charge in [0.15, 0.2) is 11.5 Å². The minimum atomic E-state index is -3.59. The largest absolute Gasteiger partial charge is 0.586 e. The van der Waals surface area contributed by atoms with Crippen LogP contribution in [0.1, 0.15) is 31.9 Å². The second-order valence-corrected chi connectivity index (χ2v) is 4.58. The summed E-state index contributed by atoms with van der Waals surface area (Å²) in [7, 11) is 0. The zero-order valence-electron chi connectivity index (χ0n) is 9.74. The summed E-state index contributed by atoms with van der Waals surface area (Å²) in [5, 5.41) is 0. The van der Waals surface area contributed by atoms with Gasteiger partial charge in [0.2, 0.25) is 0 Å². The summed E-state index contributed by atoms with van der Waals surface area (Å²) in [6, 6.07) is 4.44. The molecule has 1 heterocycles. The monoisotopic (exact) mass is 243 g/mol. The molecule has 1 aliphatic heterocycles. The number of para-hydroxylation sites is 1. The van der Waals surface area contributed by atoms with Crippen LogP contribution >= 0.6 is 0 Å². The van der Waals surface area contributed by atoms with Crippen molar-refractivity contribution in [3.05, 3.63) is 23.8 Å². The number of nitrogens with two attached hydrogens (primary N) is 1. The van der Waals surface area contributed by atoms with Crippen molar-refractivity contribution in [2.24, 2.45) is 11.7 Å². The van der Waals surface area contributed by atoms with Gasteiger partial charge in [-0.15, -0.1) is 8.78 Å². The van der Waals surface area contributed by atoms with E-state index in [4.69, 9.17) is 5.73 Å². The molecule has 1 aliphatic rings. The minimum absolute atomic E-state index is 0.0479. The summed E-state index contributed by atoms with van der Waals surface area (Å²) in [6.07, 6.45) is -2.89. The SMILES string of the molecule is CC(C)C[C@@H](N)c1cccc2c1OC(F)(F)O2. The second kappa shape index (κ2) is 4.14. The Morgan fingerprint density at radius 1 is 1.29 bits per heavy atom. The molecule has 1 atom stereocenters. The number of hydrogen-bond acceptors (Lipinski definition) is 3. The van der Waals surface area contributed by atoms with Gasteiger partial charge in [-0.05, 0) is 18.4 Å². The molecular weight excluding hydrogens is 228 g/mol. The van der Waals surface area contributed by atoms with Crippen LogP contribution in [0.25, 0.3) is 0 Å². The number of rotatable bonds is 3. The Kier molecular flexibility index (Phi) is 2.95. The van der Waals surface area contributed by atoms with Crippen molar-refractivity contribution in [2.75, 3.05) is 0 Å². The van der Waals surface area contributed by atoms with E-state index in [0.717, 1.165) is 0 Å². The van der Waals surface area contributed by atoms with Crippen molar-refractivity contribution in [3.8, 4) is 11.5 Å². The molecule has 94 valence electrons. The van der Waals surface area contributed by atoms with E-state index in [-0.39, 0.29) is 17.5 Å². The van der Waals surface area contributed by atoms with Crippen molar-refractivity contribution in [1.82, 2.24) is 0 Å². The molecule has 0 radical (unpaired) electrons. The molecule has 2 N–H and O–H groups in total. The molecule has 2 rings (SSSR count). The quantitative estimate of drug-likeness (QED) is 0.887. The van der Waals surface area contributed by atoms with Gasteiger partial charge in [-0.1, -0.05) is 26.0 Å². The highest BCUT2D eigenvalue weighted by Crippen LogP contribution is 2.45. The maximum atomic E-state index is 13.0. The molecule has 3 nitrogen and oxygen atoms in total. The predicted octanol–water partition coefficient (Wildman–Crippen LogP) is 3.05. The van der Waals surface area contributed by atoms with Crippen LogP contribution in [0, 0.1) is 5.92 Å². The highest BCUT2D eigenvalue weighted by Gasteiger charge is 2.44. The van der Waals surface area contributed by atoms with Crippen molar-refractivity contribution < 1.29 is 18.3 Å². The van der Waals surface area contributed by atoms with Gasteiger partial charge < -0.3 is 15.2 Å². The lowest BCUT2D eigenvalue weighted by Gasteiger charge is -2.16. The molecule has 0 saturated heterocycles. The molecule has 5 heteroatoms. The van der Waals surface area contributed by atoms with Crippen LogP contribution in [0.5, 0.6) is 11.5 Å². The van der Waals surface area contributed by atoms with Crippen LogP contribution in [-0.2, 0) is 0 Å². The smallest absolute Gasteiger partial charge is 0.395 e. The molecule has 0 aliphatic carbocycles. The van der Waals surface area contributed by atoms with E-state index in [1.165, 1.54) is 6.07 Å². The van der Waals surface area contributed by atoms with Crippen molar-refractivity contribution in [3.63, 3.8) is 0 Å². The van der Waals surface area contributed by atoms with E-state index >= 15 is 0 Å². The van der Waals surface area contributed by atoms with Crippen LogP contribution in [0.2, 0.25) is 0 Å². The average Bonchev–Trinajstić information content (AvgIpc) is 2.49. The van der Waals surface area contributed by atoms with E-state index in [9.17, 15) is 8.78 Å². The van der Waals surface area contributed by atoms with Crippen LogP contribution < -0.4 is 15.2 Å². The van der Waals surface area contributed by atoms with Gasteiger partial charge in [0.1, 0.15) is 0 Å². The third-order valence-electron chi connectivity index (χ3n) is 2.58. The summed E-state index contributed by atoms with van der Waals surface area (Å²) < 4.78 is 34.8. The van der Waals surface area contributed by atoms with Gasteiger partial charge in [-0.2, -0.15) is 0 Å². The highest BCUT2D eigenvalue weighted by atomic mass is 19.3. The van der Waals surface area contributed by atoms with Crippen LogP contribution in [-0.4, -0.2) is 6.29 Å². The fourth-order valence-corrected chi connectivity index (χ4v) is 1.92. The maximum absolute atomic E-state index is 13.0. The molecule has 0 bridgehead atoms. The second-order valence-electron chi connectivity index (χ2n) is 4.58. The first-order valence-electron chi connectivity index (χ1n) is 5.53. The van der Waals surface area contributed by atoms with Gasteiger partial charge in [0.25, 0.3) is 0 Å². The Morgan fingerprint density at radius 3 is 2.65 bits per heavy atom. The first-order valence-corrected chi connectivity index (χ1v) is 5.53. The van der Waals surface area contributed by atoms with E-state index < -0.39 is 6.29 Å². The molecule has 0 aromatic heterocycles. The molecule has 1 aromatic carbocycles. The Balaban J connectivity index is 2.29. The predicted molar refractivity (Wildman–Crippen MR) is 59.0 cm³/mol. The molecule has 0 fully saturated rings. The number of benzene rings is 1. The Morgan fingerprint density at radius 2 is 2.00 bits per heavy atom. The number of alkyl halides is 2. The van der Waals surface area contributed by atoms with Crippen LogP contribution in [0.15, 0.2) is 18.2 Å². The molecule has 0 saturated carbocycles. The average molecular weight is 243 g/mol. The lowest BCUT2D eigenvalue weighted by Crippen LogP contribution is -2.26. The number of halogens is 2. The topological polar surface area (TPSA) is 44.5 Å². The van der Waals surface area contributed by atoms with E-state index in [2.05, 4.69) is 9.47 Å². The molecule has 0 amide bonds. The summed E-state index contributed by atoms with van der Waals surface area (Å²) in [5.74, 6) is 0.487. The molecule has 0 spiro atoms. The first kappa shape index (κ1) is 12.1. The zero-order valence-corrected chi connectivity index (χ0v) is 9.74. The molecule has 17 heavy (non-hydrogen) atoms. The summed E-state index contributed by atoms with van der Waals surface area (Å²) in [5.41, 5.74) is 6.54. The number of fused-ring (bicyclic) bond motifs is 1. The molecule has 1 aromatic rings. The lowest BCUT2D eigenvalue weighted by molar-refractivity contribution is -0.287. The molecule has 0 unspecified atom stereocenters. The minimum Gasteiger partial charge on any atom is -0.395 e. The standard InChI is InChI=1S/C12H15F2NO2/c1-7(2)6-9(15)8-4-3-5-10-11(8)17-12(13,14)16-10/h3-5,7,9H,6,15H2,1-2H3/t9-/m1/s1. The fourth-order valence-electron chi connectivity index (χ4n) is 1.92. The van der Waals surface area contributed by atoms with E-state index in [1.54, 1.807) is 12.1 Å². The number of hydrogen-bond donors (Lipinski definition) is 1. The van der Waals surface area contributed by atoms with Crippen molar-refractivity contribution in [1.29, 1.82) is 0 Å². The van der Waals surface area contributed by atoms with Gasteiger partial charge in [-0.3, -0.25) is 0 Å². The lowest BCUT2D eigenvalue weighted by atomic mass is 9.97. The summed E-state index contributed by atoms with van der Waals surface area (Å²) in [4.78, 5) is 0. The Hall–Kier alpha value is -1.36. The van der Waals surface area contributed by atoms with Gasteiger partial charge in [0.05, 0.1) is 0 Å². The van der Waals surface area contributed by atoms with Crippen LogP contribution in [0.3, 0.4) is 0 Å². The van der Waals surface area contributed by atoms with Gasteiger partial charge in [-0.25, -0.2) is 0 Å². The normalized spacial score (nSPS) is 18.5. The summed E-state index contributed by atoms with van der Waals surface area (Å²) >= 11 is 0. The van der Waals surface area contributed by atoms with Crippen LogP contribution in [0.4, 0.5) is 8.78 Å². The van der Waals surface area contributed by atoms with Crippen molar-refractivity contribution >= 4 is 0 Å². The highest BCUT2D eigenvalue weighted by molar-refractivity contribution is 5.50. The fraction of sp³-hybridized carbons (Fsp3) is 0.500. The molecular formula is C12H15F2NO2. The Bertz CT molecular complexity index is 421.